The molecule has 1 atom stereocenters. The van der Waals surface area contributed by atoms with E-state index >= 15 is 0 Å². The highest BCUT2D eigenvalue weighted by atomic mass is 19.1. The van der Waals surface area contributed by atoms with E-state index in [1.54, 1.807) is 25.4 Å². The SMILES string of the molecule is CN=C(NCc1coc(-c2ccccc2)n1)NC1CCCN(c2cccc(F)c2)C1. The Bertz CT molecular complexity index is 988. The summed E-state index contributed by atoms with van der Waals surface area (Å²) >= 11 is 0. The van der Waals surface area contributed by atoms with Gasteiger partial charge in [0.2, 0.25) is 5.89 Å². The van der Waals surface area contributed by atoms with Crippen molar-refractivity contribution in [3.05, 3.63) is 72.4 Å². The van der Waals surface area contributed by atoms with Gasteiger partial charge in [-0.2, -0.15) is 0 Å². The molecule has 4 rings (SSSR count). The maximum Gasteiger partial charge on any atom is 0.226 e. The molecule has 1 aromatic heterocycles. The lowest BCUT2D eigenvalue weighted by molar-refractivity contribution is 0.467. The van der Waals surface area contributed by atoms with Gasteiger partial charge in [-0.1, -0.05) is 24.3 Å². The van der Waals surface area contributed by atoms with E-state index in [2.05, 4.69) is 25.5 Å². The molecule has 2 heterocycles. The van der Waals surface area contributed by atoms with Gasteiger partial charge in [-0.15, -0.1) is 0 Å². The van der Waals surface area contributed by atoms with E-state index in [-0.39, 0.29) is 11.9 Å². The van der Waals surface area contributed by atoms with Crippen molar-refractivity contribution in [3.8, 4) is 11.5 Å². The minimum absolute atomic E-state index is 0.206. The Morgan fingerprint density at radius 1 is 1.23 bits per heavy atom. The molecule has 1 unspecified atom stereocenters. The molecule has 0 amide bonds. The van der Waals surface area contributed by atoms with Gasteiger partial charge in [-0.05, 0) is 43.2 Å². The van der Waals surface area contributed by atoms with Crippen molar-refractivity contribution in [1.29, 1.82) is 0 Å². The number of nitrogens with zero attached hydrogens (tertiary/aromatic N) is 3. The Balaban J connectivity index is 1.32. The van der Waals surface area contributed by atoms with E-state index in [9.17, 15) is 4.39 Å². The summed E-state index contributed by atoms with van der Waals surface area (Å²) in [5.74, 6) is 1.11. The van der Waals surface area contributed by atoms with Crippen molar-refractivity contribution in [3.63, 3.8) is 0 Å². The number of hydrogen-bond donors (Lipinski definition) is 2. The molecule has 1 aliphatic heterocycles. The maximum atomic E-state index is 13.6. The molecule has 1 fully saturated rings. The summed E-state index contributed by atoms with van der Waals surface area (Å²) in [7, 11) is 1.75. The largest absolute Gasteiger partial charge is 0.444 e. The van der Waals surface area contributed by atoms with Crippen molar-refractivity contribution >= 4 is 11.6 Å². The number of piperidine rings is 1. The molecule has 1 saturated heterocycles. The van der Waals surface area contributed by atoms with Crippen LogP contribution in [0.25, 0.3) is 11.5 Å². The van der Waals surface area contributed by atoms with E-state index in [1.807, 2.05) is 36.4 Å². The monoisotopic (exact) mass is 407 g/mol. The summed E-state index contributed by atoms with van der Waals surface area (Å²) in [6.07, 6.45) is 3.73. The Morgan fingerprint density at radius 3 is 2.90 bits per heavy atom. The number of anilines is 1. The third-order valence-electron chi connectivity index (χ3n) is 5.17. The molecule has 0 saturated carbocycles. The zero-order valence-electron chi connectivity index (χ0n) is 17.0. The first kappa shape index (κ1) is 19.9. The molecular formula is C23H26FN5O. The number of rotatable bonds is 5. The fourth-order valence-electron chi connectivity index (χ4n) is 3.67. The van der Waals surface area contributed by atoms with E-state index in [0.717, 1.165) is 42.9 Å². The number of hydrogen-bond acceptors (Lipinski definition) is 4. The molecule has 30 heavy (non-hydrogen) atoms. The quantitative estimate of drug-likeness (QED) is 0.497. The van der Waals surface area contributed by atoms with Gasteiger partial charge in [0, 0.05) is 37.4 Å². The standard InChI is InChI=1S/C23H26FN5O/c1-25-23(26-14-20-16-30-22(27-20)17-7-3-2-4-8-17)28-19-10-6-12-29(15-19)21-11-5-9-18(24)13-21/h2-5,7-9,11,13,16,19H,6,10,12,14-15H2,1H3,(H2,25,26,28). The topological polar surface area (TPSA) is 65.7 Å². The van der Waals surface area contributed by atoms with Crippen LogP contribution >= 0.6 is 0 Å². The van der Waals surface area contributed by atoms with Crippen LogP contribution < -0.4 is 15.5 Å². The molecule has 6 nitrogen and oxygen atoms in total. The van der Waals surface area contributed by atoms with Gasteiger partial charge in [-0.3, -0.25) is 4.99 Å². The van der Waals surface area contributed by atoms with E-state index in [4.69, 9.17) is 4.42 Å². The first-order valence-corrected chi connectivity index (χ1v) is 10.2. The van der Waals surface area contributed by atoms with E-state index in [0.29, 0.717) is 18.4 Å². The van der Waals surface area contributed by atoms with Crippen LogP contribution in [0.15, 0.2) is 70.3 Å². The molecule has 0 bridgehead atoms. The highest BCUT2D eigenvalue weighted by Crippen LogP contribution is 2.21. The summed E-state index contributed by atoms with van der Waals surface area (Å²) in [6.45, 7) is 2.23. The predicted molar refractivity (Wildman–Crippen MR) is 117 cm³/mol. The Kier molecular flexibility index (Phi) is 6.27. The zero-order chi connectivity index (χ0) is 20.8. The minimum Gasteiger partial charge on any atom is -0.444 e. The average Bonchev–Trinajstić information content (AvgIpc) is 3.26. The van der Waals surface area contributed by atoms with Crippen molar-refractivity contribution in [2.75, 3.05) is 25.0 Å². The molecule has 2 aromatic carbocycles. The number of oxazole rings is 1. The van der Waals surface area contributed by atoms with Crippen LogP contribution in [0.3, 0.4) is 0 Å². The molecule has 1 aliphatic rings. The molecule has 156 valence electrons. The van der Waals surface area contributed by atoms with Gasteiger partial charge in [-0.25, -0.2) is 9.37 Å². The van der Waals surface area contributed by atoms with Crippen LogP contribution in [-0.4, -0.2) is 37.1 Å². The lowest BCUT2D eigenvalue weighted by atomic mass is 10.0. The molecule has 3 aromatic rings. The lowest BCUT2D eigenvalue weighted by Gasteiger charge is -2.35. The third-order valence-corrected chi connectivity index (χ3v) is 5.17. The first-order valence-electron chi connectivity index (χ1n) is 10.2. The lowest BCUT2D eigenvalue weighted by Crippen LogP contribution is -2.51. The van der Waals surface area contributed by atoms with Crippen molar-refractivity contribution < 1.29 is 8.81 Å². The Hall–Kier alpha value is -3.35. The molecule has 0 spiro atoms. The fourth-order valence-corrected chi connectivity index (χ4v) is 3.67. The minimum atomic E-state index is -0.206. The van der Waals surface area contributed by atoms with Crippen molar-refractivity contribution in [2.45, 2.75) is 25.4 Å². The van der Waals surface area contributed by atoms with Crippen LogP contribution in [0.1, 0.15) is 18.5 Å². The maximum absolute atomic E-state index is 13.6. The van der Waals surface area contributed by atoms with E-state index in [1.165, 1.54) is 6.07 Å². The summed E-state index contributed by atoms with van der Waals surface area (Å²) in [5, 5.41) is 6.77. The van der Waals surface area contributed by atoms with Gasteiger partial charge in [0.05, 0.1) is 12.2 Å². The molecule has 0 radical (unpaired) electrons. The zero-order valence-corrected chi connectivity index (χ0v) is 17.0. The van der Waals surface area contributed by atoms with Crippen LogP contribution in [0.4, 0.5) is 10.1 Å². The first-order chi connectivity index (χ1) is 14.7. The van der Waals surface area contributed by atoms with Crippen LogP contribution in [0, 0.1) is 5.82 Å². The second-order valence-electron chi connectivity index (χ2n) is 7.35. The average molecular weight is 407 g/mol. The van der Waals surface area contributed by atoms with Crippen LogP contribution in [0.5, 0.6) is 0 Å². The number of nitrogens with one attached hydrogen (secondary N) is 2. The van der Waals surface area contributed by atoms with Gasteiger partial charge in [0.15, 0.2) is 5.96 Å². The van der Waals surface area contributed by atoms with Crippen molar-refractivity contribution in [1.82, 2.24) is 15.6 Å². The summed E-state index contributed by atoms with van der Waals surface area (Å²) in [5.41, 5.74) is 2.67. The number of aliphatic imine (C=N–C) groups is 1. The summed E-state index contributed by atoms with van der Waals surface area (Å²) in [4.78, 5) is 11.1. The van der Waals surface area contributed by atoms with Gasteiger partial charge in [0.1, 0.15) is 12.1 Å². The molecule has 0 aliphatic carbocycles. The number of halogens is 1. The van der Waals surface area contributed by atoms with Gasteiger partial charge < -0.3 is 20.0 Å². The number of guanidine groups is 1. The van der Waals surface area contributed by atoms with E-state index < -0.39 is 0 Å². The highest BCUT2D eigenvalue weighted by Gasteiger charge is 2.21. The highest BCUT2D eigenvalue weighted by molar-refractivity contribution is 5.80. The van der Waals surface area contributed by atoms with Crippen molar-refractivity contribution in [2.24, 2.45) is 4.99 Å². The normalized spacial score (nSPS) is 17.1. The smallest absolute Gasteiger partial charge is 0.226 e. The Labute approximate surface area is 175 Å². The number of aromatic nitrogens is 1. The Morgan fingerprint density at radius 2 is 2.10 bits per heavy atom. The van der Waals surface area contributed by atoms with Crippen LogP contribution in [0.2, 0.25) is 0 Å². The predicted octanol–water partition coefficient (Wildman–Crippen LogP) is 3.81. The van der Waals surface area contributed by atoms with Gasteiger partial charge in [0.25, 0.3) is 0 Å². The summed E-state index contributed by atoms with van der Waals surface area (Å²) in [6, 6.07) is 16.8. The second kappa shape index (κ2) is 9.43. The van der Waals surface area contributed by atoms with Crippen LogP contribution in [-0.2, 0) is 6.54 Å². The number of benzene rings is 2. The fraction of sp³-hybridized carbons (Fsp3) is 0.304. The second-order valence-corrected chi connectivity index (χ2v) is 7.35. The third kappa shape index (κ3) is 4.97. The molecule has 7 heteroatoms. The molecule has 2 N–H and O–H groups in total. The van der Waals surface area contributed by atoms with Gasteiger partial charge >= 0.3 is 0 Å². The summed E-state index contributed by atoms with van der Waals surface area (Å²) < 4.78 is 19.2. The molecular weight excluding hydrogens is 381 g/mol.